The number of amides is 1. The van der Waals surface area contributed by atoms with Crippen LogP contribution in [0, 0.1) is 11.8 Å². The molecule has 0 spiro atoms. The van der Waals surface area contributed by atoms with E-state index in [1.165, 1.54) is 32.1 Å². The van der Waals surface area contributed by atoms with E-state index in [4.69, 9.17) is 4.74 Å². The molecule has 2 aliphatic rings. The lowest BCUT2D eigenvalue weighted by atomic mass is 9.79. The van der Waals surface area contributed by atoms with E-state index < -0.39 is 0 Å². The highest BCUT2D eigenvalue weighted by Gasteiger charge is 2.27. The van der Waals surface area contributed by atoms with Crippen LogP contribution in [0.4, 0.5) is 0 Å². The van der Waals surface area contributed by atoms with Gasteiger partial charge in [0.15, 0.2) is 0 Å². The van der Waals surface area contributed by atoms with E-state index in [1.54, 1.807) is 0 Å². The summed E-state index contributed by atoms with van der Waals surface area (Å²) in [5.74, 6) is 1.41. The smallest absolute Gasteiger partial charge is 0.223 e. The van der Waals surface area contributed by atoms with Crippen LogP contribution in [0.3, 0.4) is 0 Å². The van der Waals surface area contributed by atoms with Gasteiger partial charge in [0.2, 0.25) is 5.91 Å². The summed E-state index contributed by atoms with van der Waals surface area (Å²) in [5, 5.41) is 3.23. The average Bonchev–Trinajstić information content (AvgIpc) is 2.54. The van der Waals surface area contributed by atoms with Gasteiger partial charge in [-0.2, -0.15) is 0 Å². The van der Waals surface area contributed by atoms with Gasteiger partial charge < -0.3 is 10.1 Å². The molecule has 0 aromatic rings. The van der Waals surface area contributed by atoms with Crippen molar-refractivity contribution in [3.05, 3.63) is 0 Å². The molecule has 1 saturated heterocycles. The largest absolute Gasteiger partial charge is 0.379 e. The molecule has 1 aliphatic heterocycles. The third kappa shape index (κ3) is 5.88. The lowest BCUT2D eigenvalue weighted by Crippen LogP contribution is -2.47. The lowest BCUT2D eigenvalue weighted by molar-refractivity contribution is -0.127. The van der Waals surface area contributed by atoms with Crippen LogP contribution in [0.25, 0.3) is 0 Å². The van der Waals surface area contributed by atoms with Crippen molar-refractivity contribution in [2.45, 2.75) is 64.8 Å². The van der Waals surface area contributed by atoms with Crippen molar-refractivity contribution in [1.29, 1.82) is 0 Å². The highest BCUT2D eigenvalue weighted by molar-refractivity contribution is 5.79. The Morgan fingerprint density at radius 3 is 2.55 bits per heavy atom. The molecule has 1 atom stereocenters. The highest BCUT2D eigenvalue weighted by atomic mass is 16.5. The summed E-state index contributed by atoms with van der Waals surface area (Å²) in [6, 6.07) is 0.239. The first-order chi connectivity index (χ1) is 10.7. The number of nitrogens with zero attached hydrogens (tertiary/aromatic N) is 1. The van der Waals surface area contributed by atoms with E-state index in [1.807, 2.05) is 0 Å². The molecule has 4 nitrogen and oxygen atoms in total. The monoisotopic (exact) mass is 310 g/mol. The molecule has 2 rings (SSSR count). The number of unbranched alkanes of at least 4 members (excludes halogenated alkanes) is 1. The van der Waals surface area contributed by atoms with Crippen molar-refractivity contribution in [1.82, 2.24) is 10.2 Å². The van der Waals surface area contributed by atoms with E-state index in [-0.39, 0.29) is 17.9 Å². The van der Waals surface area contributed by atoms with Crippen molar-refractivity contribution in [3.63, 3.8) is 0 Å². The second-order valence-corrected chi connectivity index (χ2v) is 7.18. The van der Waals surface area contributed by atoms with Gasteiger partial charge in [-0.3, -0.25) is 9.69 Å². The Morgan fingerprint density at radius 1 is 1.23 bits per heavy atom. The van der Waals surface area contributed by atoms with Crippen molar-refractivity contribution >= 4 is 5.91 Å². The van der Waals surface area contributed by atoms with Gasteiger partial charge in [0, 0.05) is 31.6 Å². The van der Waals surface area contributed by atoms with E-state index in [2.05, 4.69) is 24.1 Å². The van der Waals surface area contributed by atoms with Crippen LogP contribution >= 0.6 is 0 Å². The molecule has 1 amide bonds. The van der Waals surface area contributed by atoms with Crippen LogP contribution in [-0.2, 0) is 9.53 Å². The van der Waals surface area contributed by atoms with E-state index in [0.717, 1.165) is 51.6 Å². The standard InChI is InChI=1S/C18H34N2O2/c1-3-4-5-16-6-8-17(9-7-16)18(21)19-15(2)14-20-10-12-22-13-11-20/h15-17H,3-14H2,1-2H3,(H,19,21). The zero-order valence-electron chi connectivity index (χ0n) is 14.5. The van der Waals surface area contributed by atoms with Gasteiger partial charge in [-0.25, -0.2) is 0 Å². The molecule has 128 valence electrons. The second-order valence-electron chi connectivity index (χ2n) is 7.18. The molecule has 0 radical (unpaired) electrons. The minimum Gasteiger partial charge on any atom is -0.379 e. The molecule has 1 heterocycles. The second kappa shape index (κ2) is 9.51. The zero-order chi connectivity index (χ0) is 15.8. The van der Waals surface area contributed by atoms with Crippen molar-refractivity contribution in [2.24, 2.45) is 11.8 Å². The fraction of sp³-hybridized carbons (Fsp3) is 0.944. The number of rotatable bonds is 7. The summed E-state index contributed by atoms with van der Waals surface area (Å²) < 4.78 is 5.37. The average molecular weight is 310 g/mol. The number of carbonyl (C=O) groups excluding carboxylic acids is 1. The van der Waals surface area contributed by atoms with Gasteiger partial charge >= 0.3 is 0 Å². The molecule has 0 aromatic heterocycles. The first-order valence-corrected chi connectivity index (χ1v) is 9.29. The summed E-state index contributed by atoms with van der Waals surface area (Å²) in [6.45, 7) is 8.95. The number of morpholine rings is 1. The van der Waals surface area contributed by atoms with E-state index >= 15 is 0 Å². The molecule has 1 aliphatic carbocycles. The van der Waals surface area contributed by atoms with Gasteiger partial charge in [0.25, 0.3) is 0 Å². The number of nitrogens with one attached hydrogen (secondary N) is 1. The molecule has 0 aromatic carbocycles. The minimum atomic E-state index is 0.239. The first kappa shape index (κ1) is 17.7. The third-order valence-electron chi connectivity index (χ3n) is 5.21. The predicted molar refractivity (Wildman–Crippen MR) is 89.8 cm³/mol. The quantitative estimate of drug-likeness (QED) is 0.786. The summed E-state index contributed by atoms with van der Waals surface area (Å²) >= 11 is 0. The lowest BCUT2D eigenvalue weighted by Gasteiger charge is -2.31. The predicted octanol–water partition coefficient (Wildman–Crippen LogP) is 2.82. The summed E-state index contributed by atoms with van der Waals surface area (Å²) in [7, 11) is 0. The van der Waals surface area contributed by atoms with Crippen molar-refractivity contribution in [3.8, 4) is 0 Å². The molecule has 4 heteroatoms. The Labute approximate surface area is 136 Å². The van der Waals surface area contributed by atoms with Gasteiger partial charge in [-0.05, 0) is 38.5 Å². The Hall–Kier alpha value is -0.610. The number of hydrogen-bond acceptors (Lipinski definition) is 3. The molecule has 1 N–H and O–H groups in total. The third-order valence-corrected chi connectivity index (χ3v) is 5.21. The van der Waals surface area contributed by atoms with Crippen molar-refractivity contribution < 1.29 is 9.53 Å². The van der Waals surface area contributed by atoms with Crippen LogP contribution in [0.15, 0.2) is 0 Å². The van der Waals surface area contributed by atoms with Gasteiger partial charge in [0.1, 0.15) is 0 Å². The molecule has 2 fully saturated rings. The number of carbonyl (C=O) groups is 1. The fourth-order valence-electron chi connectivity index (χ4n) is 3.78. The maximum absolute atomic E-state index is 12.4. The Bertz CT molecular complexity index is 321. The molecular formula is C18H34N2O2. The maximum atomic E-state index is 12.4. The normalized spacial score (nSPS) is 28.3. The van der Waals surface area contributed by atoms with Crippen LogP contribution in [-0.4, -0.2) is 49.7 Å². The molecule has 0 bridgehead atoms. The van der Waals surface area contributed by atoms with Crippen molar-refractivity contribution in [2.75, 3.05) is 32.8 Å². The zero-order valence-corrected chi connectivity index (χ0v) is 14.5. The Kier molecular flexibility index (Phi) is 7.67. The Morgan fingerprint density at radius 2 is 1.91 bits per heavy atom. The number of hydrogen-bond donors (Lipinski definition) is 1. The topological polar surface area (TPSA) is 41.6 Å². The van der Waals surface area contributed by atoms with Gasteiger partial charge in [0.05, 0.1) is 13.2 Å². The van der Waals surface area contributed by atoms with Crippen LogP contribution in [0.5, 0.6) is 0 Å². The SMILES string of the molecule is CCCCC1CCC(C(=O)NC(C)CN2CCOCC2)CC1. The summed E-state index contributed by atoms with van der Waals surface area (Å²) in [4.78, 5) is 14.8. The number of ether oxygens (including phenoxy) is 1. The van der Waals surface area contributed by atoms with Crippen LogP contribution in [0.1, 0.15) is 58.8 Å². The maximum Gasteiger partial charge on any atom is 0.223 e. The van der Waals surface area contributed by atoms with E-state index in [9.17, 15) is 4.79 Å². The molecule has 1 saturated carbocycles. The van der Waals surface area contributed by atoms with Crippen LogP contribution < -0.4 is 5.32 Å². The first-order valence-electron chi connectivity index (χ1n) is 9.29. The van der Waals surface area contributed by atoms with Crippen LogP contribution in [0.2, 0.25) is 0 Å². The summed E-state index contributed by atoms with van der Waals surface area (Å²) in [6.07, 6.45) is 8.66. The molecule has 1 unspecified atom stereocenters. The minimum absolute atomic E-state index is 0.239. The highest BCUT2D eigenvalue weighted by Crippen LogP contribution is 2.32. The summed E-state index contributed by atoms with van der Waals surface area (Å²) in [5.41, 5.74) is 0. The fourth-order valence-corrected chi connectivity index (χ4v) is 3.78. The Balaban J connectivity index is 1.64. The molecular weight excluding hydrogens is 276 g/mol. The van der Waals surface area contributed by atoms with Gasteiger partial charge in [-0.15, -0.1) is 0 Å². The molecule has 22 heavy (non-hydrogen) atoms. The van der Waals surface area contributed by atoms with E-state index in [0.29, 0.717) is 0 Å². The van der Waals surface area contributed by atoms with Gasteiger partial charge in [-0.1, -0.05) is 26.2 Å².